The quantitative estimate of drug-likeness (QED) is 0.862. The fourth-order valence-corrected chi connectivity index (χ4v) is 4.94. The molecule has 0 aromatic heterocycles. The number of hydrogen-bond acceptors (Lipinski definition) is 4. The molecule has 5 nitrogen and oxygen atoms in total. The standard InChI is InChI=1S/C22H31FN2O3/c1-16-4-5-17(11-20(16)23)21(27)25-9-6-22(7-10-25)12-19(28-15-22)14-24-8-2-3-18(26)13-24/h4-5,11,18-19,26H,2-3,6-10,12-15H2,1H3/t18-,19-/m0/s1. The smallest absolute Gasteiger partial charge is 0.253 e. The highest BCUT2D eigenvalue weighted by Gasteiger charge is 2.43. The first-order chi connectivity index (χ1) is 13.4. The molecule has 4 rings (SSSR count). The van der Waals surface area contributed by atoms with Crippen molar-refractivity contribution in [2.75, 3.05) is 39.3 Å². The Kier molecular flexibility index (Phi) is 5.72. The van der Waals surface area contributed by atoms with Crippen molar-refractivity contribution in [3.63, 3.8) is 0 Å². The number of hydrogen-bond donors (Lipinski definition) is 1. The molecule has 1 amide bonds. The van der Waals surface area contributed by atoms with E-state index in [1.807, 2.05) is 4.90 Å². The van der Waals surface area contributed by atoms with Crippen LogP contribution in [0.15, 0.2) is 18.2 Å². The Morgan fingerprint density at radius 1 is 1.32 bits per heavy atom. The number of rotatable bonds is 3. The maximum Gasteiger partial charge on any atom is 0.253 e. The molecule has 0 unspecified atom stereocenters. The third-order valence-corrected chi connectivity index (χ3v) is 6.76. The molecule has 28 heavy (non-hydrogen) atoms. The topological polar surface area (TPSA) is 53.0 Å². The van der Waals surface area contributed by atoms with Crippen molar-refractivity contribution < 1.29 is 19.0 Å². The first-order valence-corrected chi connectivity index (χ1v) is 10.5. The highest BCUT2D eigenvalue weighted by Crippen LogP contribution is 2.42. The van der Waals surface area contributed by atoms with Crippen molar-refractivity contribution in [3.8, 4) is 0 Å². The van der Waals surface area contributed by atoms with Gasteiger partial charge in [0.1, 0.15) is 5.82 Å². The number of likely N-dealkylation sites (tertiary alicyclic amines) is 2. The number of aryl methyl sites for hydroxylation is 1. The van der Waals surface area contributed by atoms with Crippen LogP contribution in [0.25, 0.3) is 0 Å². The lowest BCUT2D eigenvalue weighted by Crippen LogP contribution is -2.44. The highest BCUT2D eigenvalue weighted by molar-refractivity contribution is 5.94. The summed E-state index contributed by atoms with van der Waals surface area (Å²) >= 11 is 0. The number of nitrogens with zero attached hydrogens (tertiary/aromatic N) is 2. The Hall–Kier alpha value is -1.50. The summed E-state index contributed by atoms with van der Waals surface area (Å²) in [6.45, 7) is 6.55. The summed E-state index contributed by atoms with van der Waals surface area (Å²) < 4.78 is 19.9. The van der Waals surface area contributed by atoms with Crippen LogP contribution in [0.1, 0.15) is 48.0 Å². The molecule has 1 aromatic carbocycles. The second-order valence-corrected chi connectivity index (χ2v) is 8.95. The number of β-amino-alcohol motifs (C(OH)–C–C–N with tert-alkyl or cyclic N) is 1. The summed E-state index contributed by atoms with van der Waals surface area (Å²) in [5.74, 6) is -0.402. The van der Waals surface area contributed by atoms with Crippen LogP contribution in [0.3, 0.4) is 0 Å². The maximum atomic E-state index is 13.8. The largest absolute Gasteiger partial charge is 0.392 e. The minimum Gasteiger partial charge on any atom is -0.392 e. The van der Waals surface area contributed by atoms with Gasteiger partial charge in [0.15, 0.2) is 0 Å². The van der Waals surface area contributed by atoms with Crippen molar-refractivity contribution >= 4 is 5.91 Å². The van der Waals surface area contributed by atoms with E-state index in [0.29, 0.717) is 24.2 Å². The fourth-order valence-electron chi connectivity index (χ4n) is 4.94. The predicted octanol–water partition coefficient (Wildman–Crippen LogP) is 2.60. The van der Waals surface area contributed by atoms with Gasteiger partial charge in [0.2, 0.25) is 0 Å². The molecule has 2 atom stereocenters. The number of amides is 1. The van der Waals surface area contributed by atoms with Crippen LogP contribution in [0.5, 0.6) is 0 Å². The Labute approximate surface area is 166 Å². The highest BCUT2D eigenvalue weighted by atomic mass is 19.1. The van der Waals surface area contributed by atoms with Crippen LogP contribution < -0.4 is 0 Å². The van der Waals surface area contributed by atoms with Crippen molar-refractivity contribution in [2.24, 2.45) is 5.41 Å². The van der Waals surface area contributed by atoms with Crippen LogP contribution in [-0.2, 0) is 4.74 Å². The molecule has 6 heteroatoms. The Bertz CT molecular complexity index is 718. The molecule has 0 bridgehead atoms. The van der Waals surface area contributed by atoms with Gasteiger partial charge in [-0.3, -0.25) is 9.69 Å². The van der Waals surface area contributed by atoms with E-state index in [-0.39, 0.29) is 29.3 Å². The monoisotopic (exact) mass is 390 g/mol. The van der Waals surface area contributed by atoms with E-state index in [4.69, 9.17) is 4.74 Å². The number of carbonyl (C=O) groups is 1. The number of piperidine rings is 2. The number of ether oxygens (including phenoxy) is 1. The van der Waals surface area contributed by atoms with E-state index in [2.05, 4.69) is 4.90 Å². The summed E-state index contributed by atoms with van der Waals surface area (Å²) in [7, 11) is 0. The zero-order chi connectivity index (χ0) is 19.7. The predicted molar refractivity (Wildman–Crippen MR) is 105 cm³/mol. The molecular formula is C22H31FN2O3. The lowest BCUT2D eigenvalue weighted by Gasteiger charge is -2.38. The number of carbonyl (C=O) groups excluding carboxylic acids is 1. The van der Waals surface area contributed by atoms with Gasteiger partial charge in [-0.25, -0.2) is 4.39 Å². The number of halogens is 1. The summed E-state index contributed by atoms with van der Waals surface area (Å²) in [5, 5.41) is 9.86. The summed E-state index contributed by atoms with van der Waals surface area (Å²) in [6.07, 6.45) is 4.87. The molecule has 3 fully saturated rings. The average molecular weight is 390 g/mol. The third-order valence-electron chi connectivity index (χ3n) is 6.76. The molecule has 1 N–H and O–H groups in total. The van der Waals surface area contributed by atoms with Gasteiger partial charge in [0.05, 0.1) is 18.8 Å². The number of aliphatic hydroxyl groups excluding tert-OH is 1. The average Bonchev–Trinajstić information content (AvgIpc) is 3.06. The first kappa shape index (κ1) is 19.8. The Morgan fingerprint density at radius 3 is 2.82 bits per heavy atom. The number of aliphatic hydroxyl groups is 1. The van der Waals surface area contributed by atoms with Crippen molar-refractivity contribution in [2.45, 2.75) is 51.2 Å². The molecule has 3 aliphatic rings. The molecule has 0 radical (unpaired) electrons. The molecule has 3 heterocycles. The number of benzene rings is 1. The molecular weight excluding hydrogens is 359 g/mol. The van der Waals surface area contributed by atoms with E-state index < -0.39 is 0 Å². The molecule has 3 aliphatic heterocycles. The van der Waals surface area contributed by atoms with E-state index in [1.54, 1.807) is 19.1 Å². The molecule has 0 saturated carbocycles. The normalized spacial score (nSPS) is 28.0. The molecule has 3 saturated heterocycles. The molecule has 1 spiro atoms. The van der Waals surface area contributed by atoms with Gasteiger partial charge in [0.25, 0.3) is 5.91 Å². The van der Waals surface area contributed by atoms with Crippen LogP contribution in [0.4, 0.5) is 4.39 Å². The lowest BCUT2D eigenvalue weighted by atomic mass is 9.76. The second kappa shape index (κ2) is 8.09. The van der Waals surface area contributed by atoms with Crippen molar-refractivity contribution in [3.05, 3.63) is 35.1 Å². The van der Waals surface area contributed by atoms with Gasteiger partial charge in [-0.15, -0.1) is 0 Å². The summed E-state index contributed by atoms with van der Waals surface area (Å²) in [5.41, 5.74) is 1.15. The molecule has 1 aromatic rings. The summed E-state index contributed by atoms with van der Waals surface area (Å²) in [6, 6.07) is 4.73. The van der Waals surface area contributed by atoms with Crippen LogP contribution >= 0.6 is 0 Å². The van der Waals surface area contributed by atoms with Gasteiger partial charge >= 0.3 is 0 Å². The maximum absolute atomic E-state index is 13.8. The van der Waals surface area contributed by atoms with Crippen LogP contribution in [0.2, 0.25) is 0 Å². The minimum atomic E-state index is -0.325. The van der Waals surface area contributed by atoms with Gasteiger partial charge in [-0.2, -0.15) is 0 Å². The van der Waals surface area contributed by atoms with E-state index >= 15 is 0 Å². The Balaban J connectivity index is 1.30. The second-order valence-electron chi connectivity index (χ2n) is 8.95. The van der Waals surface area contributed by atoms with Crippen LogP contribution in [0, 0.1) is 18.2 Å². The van der Waals surface area contributed by atoms with Crippen molar-refractivity contribution in [1.82, 2.24) is 9.80 Å². The van der Waals surface area contributed by atoms with Gasteiger partial charge in [-0.1, -0.05) is 6.07 Å². The fraction of sp³-hybridized carbons (Fsp3) is 0.682. The minimum absolute atomic E-state index is 0.0773. The van der Waals surface area contributed by atoms with Gasteiger partial charge < -0.3 is 14.7 Å². The first-order valence-electron chi connectivity index (χ1n) is 10.5. The zero-order valence-corrected chi connectivity index (χ0v) is 16.7. The van der Waals surface area contributed by atoms with E-state index in [1.165, 1.54) is 6.07 Å². The van der Waals surface area contributed by atoms with E-state index in [9.17, 15) is 14.3 Å². The Morgan fingerprint density at radius 2 is 2.11 bits per heavy atom. The zero-order valence-electron chi connectivity index (χ0n) is 16.7. The van der Waals surface area contributed by atoms with Crippen LogP contribution in [-0.4, -0.2) is 72.4 Å². The third kappa shape index (κ3) is 4.24. The molecule has 0 aliphatic carbocycles. The molecule has 154 valence electrons. The SMILES string of the molecule is Cc1ccc(C(=O)N2CCC3(CC2)CO[C@H](CN2CCC[C@H](O)C2)C3)cc1F. The van der Waals surface area contributed by atoms with Gasteiger partial charge in [-0.05, 0) is 68.7 Å². The van der Waals surface area contributed by atoms with Crippen molar-refractivity contribution in [1.29, 1.82) is 0 Å². The summed E-state index contributed by atoms with van der Waals surface area (Å²) in [4.78, 5) is 16.9. The lowest BCUT2D eigenvalue weighted by molar-refractivity contribution is 0.0227. The van der Waals surface area contributed by atoms with Gasteiger partial charge in [0, 0.05) is 31.7 Å². The van der Waals surface area contributed by atoms with E-state index in [0.717, 1.165) is 58.3 Å².